The Morgan fingerprint density at radius 3 is 2.34 bits per heavy atom. The van der Waals surface area contributed by atoms with Crippen molar-refractivity contribution in [2.45, 2.75) is 45.8 Å². The first-order chi connectivity index (χ1) is 13.7. The van der Waals surface area contributed by atoms with Crippen molar-refractivity contribution in [3.8, 4) is 0 Å². The van der Waals surface area contributed by atoms with Gasteiger partial charge >= 0.3 is 18.0 Å². The molecule has 1 aliphatic rings. The van der Waals surface area contributed by atoms with Gasteiger partial charge in [0.1, 0.15) is 18.8 Å². The van der Waals surface area contributed by atoms with Crippen LogP contribution in [0.2, 0.25) is 0 Å². The summed E-state index contributed by atoms with van der Waals surface area (Å²) in [4.78, 5) is 38.0. The van der Waals surface area contributed by atoms with E-state index in [1.165, 1.54) is 4.90 Å². The van der Waals surface area contributed by atoms with Crippen LogP contribution in [0.4, 0.5) is 4.79 Å². The van der Waals surface area contributed by atoms with Gasteiger partial charge in [0.25, 0.3) is 0 Å². The number of benzene rings is 1. The third kappa shape index (κ3) is 7.57. The van der Waals surface area contributed by atoms with Crippen molar-refractivity contribution < 1.29 is 28.6 Å². The number of esters is 2. The number of halogens is 1. The Morgan fingerprint density at radius 2 is 1.79 bits per heavy atom. The fourth-order valence-corrected chi connectivity index (χ4v) is 3.18. The van der Waals surface area contributed by atoms with Gasteiger partial charge in [-0.25, -0.2) is 4.79 Å². The molecule has 8 heteroatoms. The zero-order valence-electron chi connectivity index (χ0n) is 17.1. The summed E-state index contributed by atoms with van der Waals surface area (Å²) in [7, 11) is 0. The summed E-state index contributed by atoms with van der Waals surface area (Å²) in [5.74, 6) is -1.27. The minimum Gasteiger partial charge on any atom is -0.461 e. The summed E-state index contributed by atoms with van der Waals surface area (Å²) in [6.45, 7) is 5.37. The highest BCUT2D eigenvalue weighted by atomic mass is 35.5. The molecule has 2 rings (SSSR count). The zero-order chi connectivity index (χ0) is 21.4. The normalized spacial score (nSPS) is 18.3. The minimum absolute atomic E-state index is 0.108. The van der Waals surface area contributed by atoms with E-state index in [0.717, 1.165) is 12.0 Å². The second-order valence-electron chi connectivity index (χ2n) is 8.02. The lowest BCUT2D eigenvalue weighted by molar-refractivity contribution is -0.157. The van der Waals surface area contributed by atoms with Gasteiger partial charge in [-0.3, -0.25) is 14.5 Å². The molecule has 0 radical (unpaired) electrons. The van der Waals surface area contributed by atoms with E-state index in [2.05, 4.69) is 0 Å². The number of ether oxygens (including phenoxy) is 3. The van der Waals surface area contributed by atoms with Crippen molar-refractivity contribution in [1.82, 2.24) is 4.90 Å². The van der Waals surface area contributed by atoms with Gasteiger partial charge in [-0.15, -0.1) is 0 Å². The van der Waals surface area contributed by atoms with Crippen molar-refractivity contribution in [2.75, 3.05) is 19.2 Å². The number of hydrogen-bond donors (Lipinski definition) is 0. The highest BCUT2D eigenvalue weighted by Crippen LogP contribution is 2.36. The van der Waals surface area contributed by atoms with Crippen molar-refractivity contribution in [3.05, 3.63) is 35.9 Å². The Kier molecular flexibility index (Phi) is 8.32. The van der Waals surface area contributed by atoms with E-state index in [4.69, 9.17) is 25.8 Å². The highest BCUT2D eigenvalue weighted by Gasteiger charge is 2.40. The monoisotopic (exact) mass is 425 g/mol. The summed E-state index contributed by atoms with van der Waals surface area (Å²) < 4.78 is 15.5. The lowest BCUT2D eigenvalue weighted by Crippen LogP contribution is -2.46. The van der Waals surface area contributed by atoms with E-state index < -0.39 is 17.7 Å². The third-order valence-electron chi connectivity index (χ3n) is 4.58. The Bertz CT molecular complexity index is 703. The summed E-state index contributed by atoms with van der Waals surface area (Å²) in [6, 6.07) is 9.11. The van der Waals surface area contributed by atoms with E-state index >= 15 is 0 Å². The maximum atomic E-state index is 12.4. The van der Waals surface area contributed by atoms with Gasteiger partial charge in [-0.1, -0.05) is 41.9 Å². The molecule has 1 aliphatic carbocycles. The van der Waals surface area contributed by atoms with Gasteiger partial charge in [-0.2, -0.15) is 0 Å². The molecule has 160 valence electrons. The second-order valence-corrected chi connectivity index (χ2v) is 8.24. The van der Waals surface area contributed by atoms with E-state index in [1.807, 2.05) is 30.3 Å². The average molecular weight is 426 g/mol. The topological polar surface area (TPSA) is 82.1 Å². The molecular formula is C21H28ClNO6. The van der Waals surface area contributed by atoms with Crippen LogP contribution in [0.5, 0.6) is 0 Å². The average Bonchev–Trinajstić information content (AvgIpc) is 2.62. The fraction of sp³-hybridized carbons (Fsp3) is 0.571. The number of hydrogen-bond acceptors (Lipinski definition) is 6. The van der Waals surface area contributed by atoms with Crippen LogP contribution in [-0.2, 0) is 30.4 Å². The standard InChI is InChI=1S/C21H28ClNO6/c1-21(2,3)29-18(24)12-23(20(26)28-14-22)11-16-9-10-17(16)19(25)27-13-15-7-5-4-6-8-15/h4-8,16-17H,9-14H2,1-3H3/t16-,17-/m1/s1. The Balaban J connectivity index is 1.92. The van der Waals surface area contributed by atoms with Gasteiger partial charge in [0.2, 0.25) is 0 Å². The fourth-order valence-electron chi connectivity index (χ4n) is 3.09. The lowest BCUT2D eigenvalue weighted by atomic mass is 9.73. The molecule has 0 heterocycles. The molecule has 0 aromatic heterocycles. The van der Waals surface area contributed by atoms with Crippen LogP contribution in [0, 0.1) is 11.8 Å². The first-order valence-corrected chi connectivity index (χ1v) is 10.1. The quantitative estimate of drug-likeness (QED) is 0.358. The predicted molar refractivity (Wildman–Crippen MR) is 107 cm³/mol. The number of rotatable bonds is 8. The summed E-state index contributed by atoms with van der Waals surface area (Å²) in [5.41, 5.74) is 0.244. The predicted octanol–water partition coefficient (Wildman–Crippen LogP) is 3.73. The Labute approximate surface area is 176 Å². The number of carbonyl (C=O) groups excluding carboxylic acids is 3. The molecule has 1 fully saturated rings. The van der Waals surface area contributed by atoms with Gasteiger partial charge in [-0.05, 0) is 45.1 Å². The van der Waals surface area contributed by atoms with E-state index in [1.54, 1.807) is 20.8 Å². The van der Waals surface area contributed by atoms with E-state index in [-0.39, 0.29) is 43.6 Å². The maximum absolute atomic E-state index is 12.4. The van der Waals surface area contributed by atoms with Crippen LogP contribution in [0.25, 0.3) is 0 Å². The summed E-state index contributed by atoms with van der Waals surface area (Å²) >= 11 is 5.49. The number of alkyl halides is 1. The van der Waals surface area contributed by atoms with Gasteiger partial charge in [0.05, 0.1) is 5.92 Å². The van der Waals surface area contributed by atoms with Crippen LogP contribution < -0.4 is 0 Å². The first-order valence-electron chi connectivity index (χ1n) is 9.59. The molecular weight excluding hydrogens is 398 g/mol. The molecule has 7 nitrogen and oxygen atoms in total. The van der Waals surface area contributed by atoms with Crippen molar-refractivity contribution in [1.29, 1.82) is 0 Å². The lowest BCUT2D eigenvalue weighted by Gasteiger charge is -2.37. The first kappa shape index (κ1) is 23.0. The number of amides is 1. The molecule has 0 saturated heterocycles. The van der Waals surface area contributed by atoms with Crippen LogP contribution >= 0.6 is 11.6 Å². The zero-order valence-corrected chi connectivity index (χ0v) is 17.8. The molecule has 0 unspecified atom stereocenters. The van der Waals surface area contributed by atoms with E-state index in [0.29, 0.717) is 6.42 Å². The number of nitrogens with zero attached hydrogens (tertiary/aromatic N) is 1. The molecule has 1 aromatic carbocycles. The second kappa shape index (κ2) is 10.5. The molecule has 0 aliphatic heterocycles. The number of carbonyl (C=O) groups is 3. The van der Waals surface area contributed by atoms with Gasteiger partial charge in [0, 0.05) is 6.54 Å². The van der Waals surface area contributed by atoms with Crippen LogP contribution in [0.3, 0.4) is 0 Å². The third-order valence-corrected chi connectivity index (χ3v) is 4.68. The largest absolute Gasteiger partial charge is 0.461 e. The molecule has 0 spiro atoms. The Hall–Kier alpha value is -2.28. The van der Waals surface area contributed by atoms with E-state index in [9.17, 15) is 14.4 Å². The van der Waals surface area contributed by atoms with Crippen molar-refractivity contribution in [2.24, 2.45) is 11.8 Å². The molecule has 0 bridgehead atoms. The van der Waals surface area contributed by atoms with Crippen molar-refractivity contribution in [3.63, 3.8) is 0 Å². The maximum Gasteiger partial charge on any atom is 0.411 e. The minimum atomic E-state index is -0.714. The summed E-state index contributed by atoms with van der Waals surface area (Å²) in [5, 5.41) is 0. The molecule has 0 N–H and O–H groups in total. The van der Waals surface area contributed by atoms with Gasteiger partial charge < -0.3 is 14.2 Å². The van der Waals surface area contributed by atoms with Crippen LogP contribution in [0.15, 0.2) is 30.3 Å². The van der Waals surface area contributed by atoms with Gasteiger partial charge in [0.15, 0.2) is 6.07 Å². The summed E-state index contributed by atoms with van der Waals surface area (Å²) in [6.07, 6.45) is 0.724. The van der Waals surface area contributed by atoms with Crippen LogP contribution in [-0.4, -0.2) is 47.7 Å². The van der Waals surface area contributed by atoms with Crippen LogP contribution in [0.1, 0.15) is 39.2 Å². The Morgan fingerprint density at radius 1 is 1.10 bits per heavy atom. The highest BCUT2D eigenvalue weighted by molar-refractivity contribution is 6.17. The molecule has 1 saturated carbocycles. The molecule has 2 atom stereocenters. The SMILES string of the molecule is CC(C)(C)OC(=O)CN(C[C@H]1CC[C@H]1C(=O)OCc1ccccc1)C(=O)OCCl. The molecule has 1 amide bonds. The smallest absolute Gasteiger partial charge is 0.411 e. The molecule has 29 heavy (non-hydrogen) atoms. The molecule has 1 aromatic rings. The van der Waals surface area contributed by atoms with Crippen molar-refractivity contribution >= 4 is 29.6 Å².